The minimum Gasteiger partial charge on any atom is -0.392 e. The molecule has 1 aromatic rings. The lowest BCUT2D eigenvalue weighted by Crippen LogP contribution is -2.38. The monoisotopic (exact) mass is 309 g/mol. The van der Waals surface area contributed by atoms with Crippen LogP contribution in [0.2, 0.25) is 0 Å². The molecule has 1 heterocycles. The summed E-state index contributed by atoms with van der Waals surface area (Å²) in [6.45, 7) is 0. The lowest BCUT2D eigenvalue weighted by Gasteiger charge is -2.23. The molecule has 1 saturated heterocycles. The van der Waals surface area contributed by atoms with E-state index in [0.29, 0.717) is 6.42 Å². The molecule has 3 atom stereocenters. The Labute approximate surface area is 123 Å². The van der Waals surface area contributed by atoms with Crippen molar-refractivity contribution < 1.29 is 23.9 Å². The first-order valence-electron chi connectivity index (χ1n) is 6.46. The van der Waals surface area contributed by atoms with E-state index in [0.717, 1.165) is 23.9 Å². The summed E-state index contributed by atoms with van der Waals surface area (Å²) in [5.74, 6) is -2.43. The summed E-state index contributed by atoms with van der Waals surface area (Å²) in [6.07, 6.45) is -0.369. The number of benzene rings is 1. The molecule has 7 heteroatoms. The van der Waals surface area contributed by atoms with Crippen LogP contribution in [0.15, 0.2) is 24.3 Å². The molecule has 0 spiro atoms. The Morgan fingerprint density at radius 3 is 2.67 bits per heavy atom. The van der Waals surface area contributed by atoms with Crippen LogP contribution in [0, 0.1) is 11.7 Å². The van der Waals surface area contributed by atoms with Gasteiger partial charge < -0.3 is 5.11 Å². The van der Waals surface area contributed by atoms with Gasteiger partial charge in [0.2, 0.25) is 16.9 Å². The number of thioether (sulfide) groups is 1. The van der Waals surface area contributed by atoms with Gasteiger partial charge >= 0.3 is 0 Å². The number of hydrogen-bond acceptors (Lipinski definition) is 5. The summed E-state index contributed by atoms with van der Waals surface area (Å²) < 4.78 is 11.6. The van der Waals surface area contributed by atoms with Crippen molar-refractivity contribution in [2.45, 2.75) is 23.7 Å². The van der Waals surface area contributed by atoms with E-state index in [4.69, 9.17) is 0 Å². The second kappa shape index (κ2) is 4.92. The van der Waals surface area contributed by atoms with Gasteiger partial charge in [0.25, 0.3) is 0 Å². The third-order valence-corrected chi connectivity index (χ3v) is 5.39. The molecule has 1 saturated carbocycles. The number of aliphatic hydroxyl groups is 1. The lowest BCUT2D eigenvalue weighted by molar-refractivity contribution is -0.127. The third kappa shape index (κ3) is 2.16. The lowest BCUT2D eigenvalue weighted by atomic mass is 9.97. The number of amides is 2. The maximum absolute atomic E-state index is 12.9. The number of imide groups is 1. The number of halogens is 1. The molecular weight excluding hydrogens is 297 g/mol. The summed E-state index contributed by atoms with van der Waals surface area (Å²) in [7, 11) is 0. The smallest absolute Gasteiger partial charge is 0.244 e. The van der Waals surface area contributed by atoms with E-state index in [-0.39, 0.29) is 12.0 Å². The highest BCUT2D eigenvalue weighted by molar-refractivity contribution is 8.16. The number of hydrogen-bond donors (Lipinski definition) is 2. The van der Waals surface area contributed by atoms with Gasteiger partial charge in [0.05, 0.1) is 12.0 Å². The Hall–Kier alpha value is -1.73. The topological polar surface area (TPSA) is 83.5 Å². The first-order chi connectivity index (χ1) is 9.94. The second-order valence-corrected chi connectivity index (χ2v) is 6.49. The molecule has 2 amide bonds. The van der Waals surface area contributed by atoms with E-state index in [1.807, 2.05) is 0 Å². The molecular formula is C14H12FNO4S. The van der Waals surface area contributed by atoms with Crippen molar-refractivity contribution in [2.75, 3.05) is 0 Å². The van der Waals surface area contributed by atoms with Crippen LogP contribution in [0.3, 0.4) is 0 Å². The Kier molecular flexibility index (Phi) is 3.33. The quantitative estimate of drug-likeness (QED) is 0.792. The van der Waals surface area contributed by atoms with E-state index >= 15 is 0 Å². The van der Waals surface area contributed by atoms with Crippen molar-refractivity contribution in [1.29, 1.82) is 0 Å². The molecule has 0 radical (unpaired) electrons. The van der Waals surface area contributed by atoms with Crippen LogP contribution in [0.25, 0.3) is 0 Å². The maximum atomic E-state index is 12.9. The van der Waals surface area contributed by atoms with E-state index in [1.54, 1.807) is 0 Å². The molecule has 1 aliphatic carbocycles. The number of carbonyl (C=O) groups excluding carboxylic acids is 3. The van der Waals surface area contributed by atoms with Gasteiger partial charge in [-0.15, -0.1) is 0 Å². The van der Waals surface area contributed by atoms with E-state index in [9.17, 15) is 23.9 Å². The predicted octanol–water partition coefficient (Wildman–Crippen LogP) is 0.865. The molecule has 0 aromatic heterocycles. The molecule has 2 fully saturated rings. The fraction of sp³-hybridized carbons (Fsp3) is 0.357. The van der Waals surface area contributed by atoms with Crippen LogP contribution >= 0.6 is 11.8 Å². The highest BCUT2D eigenvalue weighted by atomic mass is 32.2. The van der Waals surface area contributed by atoms with E-state index in [1.165, 1.54) is 12.1 Å². The summed E-state index contributed by atoms with van der Waals surface area (Å²) >= 11 is 0.746. The van der Waals surface area contributed by atoms with Gasteiger partial charge in [-0.25, -0.2) is 4.39 Å². The zero-order valence-corrected chi connectivity index (χ0v) is 11.7. The zero-order valence-electron chi connectivity index (χ0n) is 10.8. The van der Waals surface area contributed by atoms with Crippen molar-refractivity contribution in [2.24, 2.45) is 5.92 Å². The SMILES string of the molecule is O=C(S[C@]12CC[C@H](O)[C@H]1C(=O)NC2=O)c1ccc(F)cc1. The minimum absolute atomic E-state index is 0.253. The molecule has 3 rings (SSSR count). The first kappa shape index (κ1) is 14.2. The van der Waals surface area contributed by atoms with Crippen LogP contribution in [0.5, 0.6) is 0 Å². The van der Waals surface area contributed by atoms with Gasteiger partial charge in [-0.3, -0.25) is 19.7 Å². The van der Waals surface area contributed by atoms with E-state index < -0.39 is 39.5 Å². The average molecular weight is 309 g/mol. The summed E-state index contributed by atoms with van der Waals surface area (Å²) in [5, 5.41) is 11.7. The van der Waals surface area contributed by atoms with Crippen molar-refractivity contribution in [3.63, 3.8) is 0 Å². The minimum atomic E-state index is -1.25. The standard InChI is InChI=1S/C14H12FNO4S/c15-8-3-1-7(2-4-8)12(19)21-14-6-5-9(17)10(14)11(18)16-13(14)20/h1-4,9-10,17H,5-6H2,(H,16,18,20)/t9-,10-,14+/m0/s1. The van der Waals surface area contributed by atoms with Crippen LogP contribution in [-0.4, -0.2) is 32.9 Å². The predicted molar refractivity (Wildman–Crippen MR) is 72.9 cm³/mol. The summed E-state index contributed by atoms with van der Waals surface area (Å²) in [6, 6.07) is 4.98. The Bertz CT molecular complexity index is 632. The van der Waals surface area contributed by atoms with Gasteiger partial charge in [-0.05, 0) is 37.1 Å². The van der Waals surface area contributed by atoms with Gasteiger partial charge in [-0.1, -0.05) is 11.8 Å². The summed E-state index contributed by atoms with van der Waals surface area (Å²) in [4.78, 5) is 36.1. The van der Waals surface area contributed by atoms with Gasteiger partial charge in [-0.2, -0.15) is 0 Å². The molecule has 0 unspecified atom stereocenters. The van der Waals surface area contributed by atoms with Gasteiger partial charge in [0.1, 0.15) is 10.6 Å². The average Bonchev–Trinajstić information content (AvgIpc) is 2.88. The molecule has 1 aliphatic heterocycles. The van der Waals surface area contributed by atoms with Crippen molar-refractivity contribution in [3.8, 4) is 0 Å². The highest BCUT2D eigenvalue weighted by Gasteiger charge is 2.63. The number of rotatable bonds is 2. The fourth-order valence-corrected chi connectivity index (χ4v) is 4.24. The number of nitrogens with one attached hydrogen (secondary N) is 1. The van der Waals surface area contributed by atoms with Crippen molar-refractivity contribution in [3.05, 3.63) is 35.6 Å². The van der Waals surface area contributed by atoms with Crippen LogP contribution in [-0.2, 0) is 9.59 Å². The van der Waals surface area contributed by atoms with Gasteiger partial charge in [0, 0.05) is 5.56 Å². The number of carbonyl (C=O) groups is 3. The Morgan fingerprint density at radius 1 is 1.33 bits per heavy atom. The summed E-state index contributed by atoms with van der Waals surface area (Å²) in [5.41, 5.74) is 0.253. The van der Waals surface area contributed by atoms with Crippen LogP contribution in [0.1, 0.15) is 23.2 Å². The van der Waals surface area contributed by atoms with Crippen LogP contribution < -0.4 is 5.32 Å². The molecule has 2 aliphatic rings. The van der Waals surface area contributed by atoms with E-state index in [2.05, 4.69) is 5.32 Å². The second-order valence-electron chi connectivity index (χ2n) is 5.19. The normalized spacial score (nSPS) is 31.1. The Morgan fingerprint density at radius 2 is 2.00 bits per heavy atom. The van der Waals surface area contributed by atoms with Crippen molar-refractivity contribution in [1.82, 2.24) is 5.32 Å². The molecule has 110 valence electrons. The highest BCUT2D eigenvalue weighted by Crippen LogP contribution is 2.50. The molecule has 2 N–H and O–H groups in total. The fourth-order valence-electron chi connectivity index (χ4n) is 2.90. The van der Waals surface area contributed by atoms with Crippen LogP contribution in [0.4, 0.5) is 4.39 Å². The first-order valence-corrected chi connectivity index (χ1v) is 7.28. The molecule has 21 heavy (non-hydrogen) atoms. The zero-order chi connectivity index (χ0) is 15.2. The number of aliphatic hydroxyl groups excluding tert-OH is 1. The molecule has 5 nitrogen and oxygen atoms in total. The van der Waals surface area contributed by atoms with Gasteiger partial charge in [0.15, 0.2) is 0 Å². The largest absolute Gasteiger partial charge is 0.392 e. The maximum Gasteiger partial charge on any atom is 0.244 e. The van der Waals surface area contributed by atoms with Crippen molar-refractivity contribution >= 4 is 28.7 Å². The molecule has 1 aromatic carbocycles. The Balaban J connectivity index is 1.89. The number of fused-ring (bicyclic) bond motifs is 1. The molecule has 0 bridgehead atoms. The third-order valence-electron chi connectivity index (χ3n) is 3.96.